The molecule has 0 radical (unpaired) electrons. The first-order chi connectivity index (χ1) is 9.63. The molecule has 108 valence electrons. The SMILES string of the molecule is CCOC(=O)c1cc2c(cc1C)OC1(CCCCC1)C2. The molecule has 2 aliphatic rings. The van der Waals surface area contributed by atoms with Crippen LogP contribution in [0.5, 0.6) is 5.75 Å². The molecule has 0 saturated heterocycles. The van der Waals surface area contributed by atoms with E-state index in [9.17, 15) is 4.79 Å². The van der Waals surface area contributed by atoms with Gasteiger partial charge in [-0.1, -0.05) is 6.42 Å². The van der Waals surface area contributed by atoms with Gasteiger partial charge >= 0.3 is 5.97 Å². The number of ether oxygens (including phenoxy) is 2. The second-order valence-electron chi connectivity index (χ2n) is 6.02. The van der Waals surface area contributed by atoms with E-state index in [1.54, 1.807) is 0 Å². The van der Waals surface area contributed by atoms with Crippen molar-refractivity contribution < 1.29 is 14.3 Å². The summed E-state index contributed by atoms with van der Waals surface area (Å²) in [5.41, 5.74) is 2.79. The molecule has 0 N–H and O–H groups in total. The average molecular weight is 274 g/mol. The molecule has 1 aliphatic carbocycles. The Morgan fingerprint density at radius 3 is 2.75 bits per heavy atom. The number of esters is 1. The quantitative estimate of drug-likeness (QED) is 0.769. The Balaban J connectivity index is 1.88. The van der Waals surface area contributed by atoms with Gasteiger partial charge in [-0.3, -0.25) is 0 Å². The smallest absolute Gasteiger partial charge is 0.338 e. The maximum absolute atomic E-state index is 12.0. The van der Waals surface area contributed by atoms with Crippen LogP contribution in [0.4, 0.5) is 0 Å². The zero-order valence-corrected chi connectivity index (χ0v) is 12.3. The standard InChI is InChI=1S/C17H22O3/c1-3-19-16(18)14-10-13-11-17(7-5-4-6-8-17)20-15(13)9-12(14)2/h9-10H,3-8,11H2,1-2H3. The zero-order valence-electron chi connectivity index (χ0n) is 12.3. The molecule has 1 aliphatic heterocycles. The second-order valence-corrected chi connectivity index (χ2v) is 6.02. The molecule has 3 nitrogen and oxygen atoms in total. The van der Waals surface area contributed by atoms with E-state index >= 15 is 0 Å². The van der Waals surface area contributed by atoms with Crippen LogP contribution < -0.4 is 4.74 Å². The highest BCUT2D eigenvalue weighted by Gasteiger charge is 2.40. The van der Waals surface area contributed by atoms with Crippen molar-refractivity contribution in [3.05, 3.63) is 28.8 Å². The van der Waals surface area contributed by atoms with E-state index in [-0.39, 0.29) is 11.6 Å². The average Bonchev–Trinajstić information content (AvgIpc) is 2.75. The van der Waals surface area contributed by atoms with Crippen molar-refractivity contribution in [2.24, 2.45) is 0 Å². The van der Waals surface area contributed by atoms with Gasteiger partial charge in [-0.05, 0) is 62.8 Å². The molecule has 0 aromatic heterocycles. The van der Waals surface area contributed by atoms with Crippen LogP contribution in [0.2, 0.25) is 0 Å². The molecule has 0 bridgehead atoms. The van der Waals surface area contributed by atoms with Gasteiger partial charge in [-0.2, -0.15) is 0 Å². The predicted octanol–water partition coefficient (Wildman–Crippen LogP) is 3.81. The summed E-state index contributed by atoms with van der Waals surface area (Å²) in [7, 11) is 0. The Kier molecular flexibility index (Phi) is 3.45. The van der Waals surface area contributed by atoms with Gasteiger partial charge in [0.15, 0.2) is 0 Å². The third-order valence-corrected chi connectivity index (χ3v) is 4.51. The van der Waals surface area contributed by atoms with Crippen LogP contribution in [0.25, 0.3) is 0 Å². The molecule has 1 spiro atoms. The summed E-state index contributed by atoms with van der Waals surface area (Å²) in [5, 5.41) is 0. The van der Waals surface area contributed by atoms with Crippen LogP contribution in [0.1, 0.15) is 60.5 Å². The summed E-state index contributed by atoms with van der Waals surface area (Å²) < 4.78 is 11.4. The molecule has 3 rings (SSSR count). The summed E-state index contributed by atoms with van der Waals surface area (Å²) in [6.07, 6.45) is 7.02. The van der Waals surface area contributed by atoms with Crippen molar-refractivity contribution in [1.29, 1.82) is 0 Å². The maximum Gasteiger partial charge on any atom is 0.338 e. The van der Waals surface area contributed by atoms with Crippen molar-refractivity contribution in [2.45, 2.75) is 58.0 Å². The Morgan fingerprint density at radius 2 is 2.05 bits per heavy atom. The Hall–Kier alpha value is -1.51. The number of hydrogen-bond donors (Lipinski definition) is 0. The minimum atomic E-state index is -0.225. The van der Waals surface area contributed by atoms with Gasteiger partial charge in [-0.15, -0.1) is 0 Å². The lowest BCUT2D eigenvalue weighted by Gasteiger charge is -2.32. The first-order valence-electron chi connectivity index (χ1n) is 7.63. The number of rotatable bonds is 2. The molecule has 3 heteroatoms. The van der Waals surface area contributed by atoms with E-state index in [1.807, 2.05) is 26.0 Å². The van der Waals surface area contributed by atoms with Crippen molar-refractivity contribution in [1.82, 2.24) is 0 Å². The number of carbonyl (C=O) groups excluding carboxylic acids is 1. The Bertz CT molecular complexity index is 527. The predicted molar refractivity (Wildman–Crippen MR) is 77.3 cm³/mol. The molecule has 0 atom stereocenters. The van der Waals surface area contributed by atoms with E-state index in [4.69, 9.17) is 9.47 Å². The van der Waals surface area contributed by atoms with Crippen molar-refractivity contribution in [3.8, 4) is 5.75 Å². The van der Waals surface area contributed by atoms with Crippen LogP contribution in [-0.4, -0.2) is 18.2 Å². The Morgan fingerprint density at radius 1 is 1.30 bits per heavy atom. The molecular weight excluding hydrogens is 252 g/mol. The highest BCUT2D eigenvalue weighted by molar-refractivity contribution is 5.91. The number of benzene rings is 1. The van der Waals surface area contributed by atoms with E-state index in [0.717, 1.165) is 30.6 Å². The van der Waals surface area contributed by atoms with Gasteiger partial charge in [-0.25, -0.2) is 4.79 Å². The van der Waals surface area contributed by atoms with Crippen LogP contribution in [-0.2, 0) is 11.2 Å². The van der Waals surface area contributed by atoms with Crippen LogP contribution in [0.3, 0.4) is 0 Å². The molecule has 20 heavy (non-hydrogen) atoms. The fourth-order valence-electron chi connectivity index (χ4n) is 3.48. The highest BCUT2D eigenvalue weighted by atomic mass is 16.5. The maximum atomic E-state index is 12.0. The fourth-order valence-corrected chi connectivity index (χ4v) is 3.48. The van der Waals surface area contributed by atoms with Gasteiger partial charge < -0.3 is 9.47 Å². The lowest BCUT2D eigenvalue weighted by Crippen LogP contribution is -2.36. The largest absolute Gasteiger partial charge is 0.487 e. The van der Waals surface area contributed by atoms with Gasteiger partial charge in [0.1, 0.15) is 11.4 Å². The van der Waals surface area contributed by atoms with Gasteiger partial charge in [0, 0.05) is 6.42 Å². The fraction of sp³-hybridized carbons (Fsp3) is 0.588. The summed E-state index contributed by atoms with van der Waals surface area (Å²) in [6.45, 7) is 4.19. The molecule has 1 fully saturated rings. The zero-order chi connectivity index (χ0) is 14.2. The van der Waals surface area contributed by atoms with Crippen molar-refractivity contribution in [2.75, 3.05) is 6.61 Å². The second kappa shape index (κ2) is 5.12. The first kappa shape index (κ1) is 13.5. The number of aryl methyl sites for hydroxylation is 1. The van der Waals surface area contributed by atoms with Gasteiger partial charge in [0.25, 0.3) is 0 Å². The molecule has 1 saturated carbocycles. The minimum Gasteiger partial charge on any atom is -0.487 e. The van der Waals surface area contributed by atoms with Gasteiger partial charge in [0.05, 0.1) is 12.2 Å². The van der Waals surface area contributed by atoms with Crippen LogP contribution in [0, 0.1) is 6.92 Å². The molecular formula is C17H22O3. The molecule has 1 aromatic rings. The minimum absolute atomic E-state index is 0.000305. The molecule has 1 aromatic carbocycles. The van der Waals surface area contributed by atoms with Crippen molar-refractivity contribution >= 4 is 5.97 Å². The van der Waals surface area contributed by atoms with Gasteiger partial charge in [0.2, 0.25) is 0 Å². The van der Waals surface area contributed by atoms with E-state index in [1.165, 1.54) is 24.8 Å². The third kappa shape index (κ3) is 2.30. The molecule has 1 heterocycles. The molecule has 0 unspecified atom stereocenters. The van der Waals surface area contributed by atoms with Crippen LogP contribution >= 0.6 is 0 Å². The van der Waals surface area contributed by atoms with Crippen molar-refractivity contribution in [3.63, 3.8) is 0 Å². The normalized spacial score (nSPS) is 19.5. The summed E-state index contributed by atoms with van der Waals surface area (Å²) >= 11 is 0. The monoisotopic (exact) mass is 274 g/mol. The summed E-state index contributed by atoms with van der Waals surface area (Å²) in [4.78, 5) is 12.0. The number of hydrogen-bond acceptors (Lipinski definition) is 3. The van der Waals surface area contributed by atoms with E-state index < -0.39 is 0 Å². The first-order valence-corrected chi connectivity index (χ1v) is 7.63. The topological polar surface area (TPSA) is 35.5 Å². The van der Waals surface area contributed by atoms with E-state index in [0.29, 0.717) is 12.2 Å². The highest BCUT2D eigenvalue weighted by Crippen LogP contribution is 2.44. The summed E-state index contributed by atoms with van der Waals surface area (Å²) in [5.74, 6) is 0.745. The molecule has 0 amide bonds. The Labute approximate surface area is 120 Å². The van der Waals surface area contributed by atoms with Crippen LogP contribution in [0.15, 0.2) is 12.1 Å². The van der Waals surface area contributed by atoms with E-state index in [2.05, 4.69) is 0 Å². The number of carbonyl (C=O) groups is 1. The lowest BCUT2D eigenvalue weighted by atomic mass is 9.82. The summed E-state index contributed by atoms with van der Waals surface area (Å²) in [6, 6.07) is 3.98. The lowest BCUT2D eigenvalue weighted by molar-refractivity contribution is 0.0524. The number of fused-ring (bicyclic) bond motifs is 1. The third-order valence-electron chi connectivity index (χ3n) is 4.51.